The van der Waals surface area contributed by atoms with Gasteiger partial charge in [0, 0.05) is 93.0 Å². The maximum atomic E-state index is 6.31. The Morgan fingerprint density at radius 3 is 2.20 bits per heavy atom. The first-order chi connectivity index (χ1) is 19.6. The first kappa shape index (κ1) is 25.9. The Balaban J connectivity index is 1.03. The molecule has 0 bridgehead atoms. The third kappa shape index (κ3) is 5.09. The number of rotatable bonds is 7. The van der Waals surface area contributed by atoms with Crippen LogP contribution in [-0.2, 0) is 5.41 Å². The van der Waals surface area contributed by atoms with Crippen LogP contribution in [0.2, 0.25) is 5.02 Å². The van der Waals surface area contributed by atoms with E-state index in [0.29, 0.717) is 5.41 Å². The van der Waals surface area contributed by atoms with Crippen LogP contribution in [0.15, 0.2) is 73.1 Å². The molecule has 40 heavy (non-hydrogen) atoms. The Hall–Kier alpha value is -3.06. The average molecular weight is 555 g/mol. The molecule has 7 rings (SSSR count). The summed E-state index contributed by atoms with van der Waals surface area (Å²) in [5.74, 6) is 0. The van der Waals surface area contributed by atoms with Gasteiger partial charge in [-0.2, -0.15) is 5.10 Å². The van der Waals surface area contributed by atoms with E-state index < -0.39 is 0 Å². The Kier molecular flexibility index (Phi) is 6.94. The van der Waals surface area contributed by atoms with Crippen molar-refractivity contribution in [2.24, 2.45) is 0 Å². The number of halogens is 1. The molecule has 0 radical (unpaired) electrons. The van der Waals surface area contributed by atoms with Gasteiger partial charge in [-0.3, -0.25) is 4.90 Å². The summed E-state index contributed by atoms with van der Waals surface area (Å²) in [5.41, 5.74) is 7.96. The van der Waals surface area contributed by atoms with Crippen LogP contribution in [0, 0.1) is 0 Å². The van der Waals surface area contributed by atoms with Crippen LogP contribution in [0.1, 0.15) is 25.3 Å². The van der Waals surface area contributed by atoms with E-state index in [-0.39, 0.29) is 0 Å². The molecular weight excluding hydrogens is 516 g/mol. The fourth-order valence-electron chi connectivity index (χ4n) is 6.69. The smallest absolute Gasteiger partial charge is 0.0886 e. The van der Waals surface area contributed by atoms with Gasteiger partial charge in [-0.25, -0.2) is 4.52 Å². The fourth-order valence-corrected chi connectivity index (χ4v) is 6.88. The SMILES string of the molecule is CCN1CCN(c2ccc(-c3cc4c(N5CCN(CC6(c7cccc(Cl)c7)CC6)CC5)ccnn4c3)cc2)CC1. The molecule has 2 aliphatic heterocycles. The van der Waals surface area contributed by atoms with Crippen molar-refractivity contribution in [1.82, 2.24) is 19.4 Å². The molecule has 1 saturated carbocycles. The van der Waals surface area contributed by atoms with Crippen LogP contribution >= 0.6 is 11.6 Å². The Morgan fingerprint density at radius 2 is 1.50 bits per heavy atom. The summed E-state index contributed by atoms with van der Waals surface area (Å²) >= 11 is 6.31. The number of piperazine rings is 2. The molecule has 0 spiro atoms. The molecule has 4 aromatic rings. The standard InChI is InChI=1S/C33H39ClN6/c1-2-36-14-18-38(19-15-36)30-8-6-26(7-9-30)27-22-32-31(10-13-35-40(32)24-27)39-20-16-37(17-21-39)25-33(11-12-33)28-4-3-5-29(34)23-28/h3-10,13,22-24H,2,11-12,14-21,25H2,1H3. The topological polar surface area (TPSA) is 30.3 Å². The summed E-state index contributed by atoms with van der Waals surface area (Å²) in [6.45, 7) is 13.3. The molecule has 2 aromatic carbocycles. The molecule has 3 aliphatic rings. The van der Waals surface area contributed by atoms with Crippen molar-refractivity contribution in [2.75, 3.05) is 75.2 Å². The van der Waals surface area contributed by atoms with Gasteiger partial charge in [0.1, 0.15) is 0 Å². The van der Waals surface area contributed by atoms with Crippen LogP contribution in [-0.4, -0.2) is 84.9 Å². The molecular formula is C33H39ClN6. The van der Waals surface area contributed by atoms with E-state index in [1.165, 1.54) is 46.4 Å². The molecule has 4 heterocycles. The summed E-state index contributed by atoms with van der Waals surface area (Å²) in [6.07, 6.45) is 6.64. The van der Waals surface area contributed by atoms with Gasteiger partial charge in [-0.15, -0.1) is 0 Å². The van der Waals surface area contributed by atoms with Crippen molar-refractivity contribution < 1.29 is 0 Å². The van der Waals surface area contributed by atoms with Gasteiger partial charge in [0.25, 0.3) is 0 Å². The third-order valence-electron chi connectivity index (χ3n) is 9.40. The number of hydrogen-bond acceptors (Lipinski definition) is 5. The molecule has 3 fully saturated rings. The van der Waals surface area contributed by atoms with Crippen LogP contribution in [0.5, 0.6) is 0 Å². The van der Waals surface area contributed by atoms with Crippen molar-refractivity contribution in [1.29, 1.82) is 0 Å². The van der Waals surface area contributed by atoms with Gasteiger partial charge in [0.15, 0.2) is 0 Å². The van der Waals surface area contributed by atoms with Gasteiger partial charge >= 0.3 is 0 Å². The second kappa shape index (κ2) is 10.7. The van der Waals surface area contributed by atoms with Crippen molar-refractivity contribution in [3.05, 3.63) is 83.6 Å². The van der Waals surface area contributed by atoms with Gasteiger partial charge in [-0.1, -0.05) is 42.8 Å². The summed E-state index contributed by atoms with van der Waals surface area (Å²) < 4.78 is 2.05. The molecule has 0 N–H and O–H groups in total. The van der Waals surface area contributed by atoms with Gasteiger partial charge < -0.3 is 14.7 Å². The molecule has 6 nitrogen and oxygen atoms in total. The van der Waals surface area contributed by atoms with Crippen LogP contribution in [0.4, 0.5) is 11.4 Å². The zero-order valence-electron chi connectivity index (χ0n) is 23.5. The molecule has 0 atom stereocenters. The number of likely N-dealkylation sites (N-methyl/N-ethyl adjacent to an activating group) is 1. The quantitative estimate of drug-likeness (QED) is 0.294. The predicted octanol–water partition coefficient (Wildman–Crippen LogP) is 5.65. The zero-order valence-corrected chi connectivity index (χ0v) is 24.2. The summed E-state index contributed by atoms with van der Waals surface area (Å²) in [6, 6.07) is 22.1. The molecule has 208 valence electrons. The van der Waals surface area contributed by atoms with Crippen molar-refractivity contribution in [3.63, 3.8) is 0 Å². The van der Waals surface area contributed by atoms with E-state index >= 15 is 0 Å². The lowest BCUT2D eigenvalue weighted by atomic mass is 9.95. The Morgan fingerprint density at radius 1 is 0.775 bits per heavy atom. The van der Waals surface area contributed by atoms with Crippen LogP contribution < -0.4 is 9.80 Å². The highest BCUT2D eigenvalue weighted by Gasteiger charge is 2.45. The summed E-state index contributed by atoms with van der Waals surface area (Å²) in [5, 5.41) is 5.51. The lowest BCUT2D eigenvalue weighted by Crippen LogP contribution is -2.48. The minimum absolute atomic E-state index is 0.298. The fraction of sp³-hybridized carbons (Fsp3) is 0.424. The number of hydrogen-bond donors (Lipinski definition) is 0. The molecule has 2 saturated heterocycles. The van der Waals surface area contributed by atoms with Gasteiger partial charge in [-0.05, 0) is 66.9 Å². The lowest BCUT2D eigenvalue weighted by molar-refractivity contribution is 0.235. The monoisotopic (exact) mass is 554 g/mol. The zero-order chi connectivity index (χ0) is 27.1. The molecule has 2 aromatic heterocycles. The average Bonchev–Trinajstić information content (AvgIpc) is 3.65. The van der Waals surface area contributed by atoms with E-state index in [0.717, 1.165) is 70.5 Å². The molecule has 0 amide bonds. The maximum absolute atomic E-state index is 6.31. The first-order valence-electron chi connectivity index (χ1n) is 14.9. The van der Waals surface area contributed by atoms with E-state index in [9.17, 15) is 0 Å². The van der Waals surface area contributed by atoms with E-state index in [1.807, 2.05) is 16.8 Å². The highest BCUT2D eigenvalue weighted by Crippen LogP contribution is 2.49. The van der Waals surface area contributed by atoms with Crippen LogP contribution in [0.3, 0.4) is 0 Å². The largest absolute Gasteiger partial charge is 0.369 e. The van der Waals surface area contributed by atoms with E-state index in [2.05, 4.69) is 92.4 Å². The second-order valence-electron chi connectivity index (χ2n) is 11.8. The number of aromatic nitrogens is 2. The van der Waals surface area contributed by atoms with E-state index in [4.69, 9.17) is 11.6 Å². The van der Waals surface area contributed by atoms with Gasteiger partial charge in [0.2, 0.25) is 0 Å². The minimum atomic E-state index is 0.298. The first-order valence-corrected chi connectivity index (χ1v) is 15.3. The summed E-state index contributed by atoms with van der Waals surface area (Å²) in [4.78, 5) is 10.2. The number of fused-ring (bicyclic) bond motifs is 1. The minimum Gasteiger partial charge on any atom is -0.369 e. The molecule has 1 aliphatic carbocycles. The second-order valence-corrected chi connectivity index (χ2v) is 12.2. The normalized spacial score (nSPS) is 19.9. The van der Waals surface area contributed by atoms with Crippen molar-refractivity contribution in [3.8, 4) is 11.1 Å². The maximum Gasteiger partial charge on any atom is 0.0886 e. The van der Waals surface area contributed by atoms with Crippen molar-refractivity contribution in [2.45, 2.75) is 25.2 Å². The van der Waals surface area contributed by atoms with Gasteiger partial charge in [0.05, 0.1) is 11.2 Å². The number of benzene rings is 2. The summed E-state index contributed by atoms with van der Waals surface area (Å²) in [7, 11) is 0. The number of anilines is 2. The van der Waals surface area contributed by atoms with E-state index in [1.54, 1.807) is 0 Å². The van der Waals surface area contributed by atoms with Crippen LogP contribution in [0.25, 0.3) is 16.6 Å². The molecule has 7 heteroatoms. The Bertz CT molecular complexity index is 1460. The highest BCUT2D eigenvalue weighted by molar-refractivity contribution is 6.30. The Labute approximate surface area is 242 Å². The number of nitrogens with zero attached hydrogens (tertiary/aromatic N) is 6. The predicted molar refractivity (Wildman–Crippen MR) is 166 cm³/mol. The highest BCUT2D eigenvalue weighted by atomic mass is 35.5. The molecule has 0 unspecified atom stereocenters. The van der Waals surface area contributed by atoms with Crippen molar-refractivity contribution >= 4 is 28.5 Å². The third-order valence-corrected chi connectivity index (χ3v) is 9.64. The lowest BCUT2D eigenvalue weighted by Gasteiger charge is -2.38.